The highest BCUT2D eigenvalue weighted by molar-refractivity contribution is 7.73. The minimum atomic E-state index is -2.64. The fraction of sp³-hybridized carbons (Fsp3) is 0. The highest BCUT2D eigenvalue weighted by Gasteiger charge is 1.90. The number of hydrogen-bond acceptors (Lipinski definition) is 4. The third-order valence-corrected chi connectivity index (χ3v) is 1.11. The molecule has 0 aromatic heterocycles. The van der Waals surface area contributed by atoms with Crippen molar-refractivity contribution in [3.8, 4) is 5.75 Å². The summed E-state index contributed by atoms with van der Waals surface area (Å²) in [6.45, 7) is 0. The summed E-state index contributed by atoms with van der Waals surface area (Å²) in [5.74, 6) is 0.344. The van der Waals surface area contributed by atoms with E-state index in [1.54, 1.807) is 30.3 Å². The lowest BCUT2D eigenvalue weighted by Crippen LogP contribution is -1.99. The molecule has 0 saturated heterocycles. The summed E-state index contributed by atoms with van der Waals surface area (Å²) in [4.78, 5) is 4.35. The van der Waals surface area contributed by atoms with Crippen LogP contribution >= 0.6 is 0 Å². The lowest BCUT2D eigenvalue weighted by atomic mass is 10.3. The van der Waals surface area contributed by atoms with Gasteiger partial charge in [0.15, 0.2) is 5.75 Å². The van der Waals surface area contributed by atoms with Crippen LogP contribution in [0.3, 0.4) is 0 Å². The number of benzene rings is 1. The first-order valence-electron chi connectivity index (χ1n) is 2.78. The van der Waals surface area contributed by atoms with E-state index >= 15 is 0 Å². The predicted molar refractivity (Wildman–Crippen MR) is 37.1 cm³/mol. The van der Waals surface area contributed by atoms with Gasteiger partial charge in [-0.3, -0.25) is 0 Å². The molecule has 11 heavy (non-hydrogen) atoms. The van der Waals surface area contributed by atoms with E-state index in [1.165, 1.54) is 0 Å². The Bertz CT molecular complexity index is 236. The fourth-order valence-electron chi connectivity index (χ4n) is 0.543. The van der Waals surface area contributed by atoms with Crippen molar-refractivity contribution in [3.05, 3.63) is 30.3 Å². The summed E-state index contributed by atoms with van der Waals surface area (Å²) < 4.78 is 23.5. The second-order valence-electron chi connectivity index (χ2n) is 1.67. The first kappa shape index (κ1) is 8.19. The maximum Gasteiger partial charge on any atom is 0.166 e. The summed E-state index contributed by atoms with van der Waals surface area (Å²) in [7, 11) is 0. The normalized spacial score (nSPS) is 12.5. The van der Waals surface area contributed by atoms with Crippen LogP contribution in [0.5, 0.6) is 5.75 Å². The van der Waals surface area contributed by atoms with E-state index in [1.807, 2.05) is 0 Å². The molecule has 1 rings (SSSR count). The number of hydrogen-bond donors (Lipinski definition) is 0. The molecular formula is C6H5O4S-. The van der Waals surface area contributed by atoms with Crippen LogP contribution in [0.15, 0.2) is 30.3 Å². The van der Waals surface area contributed by atoms with Gasteiger partial charge in [0.1, 0.15) is 11.4 Å². The average molecular weight is 173 g/mol. The zero-order valence-corrected chi connectivity index (χ0v) is 6.24. The molecule has 0 aliphatic carbocycles. The highest BCUT2D eigenvalue weighted by Crippen LogP contribution is 2.08. The highest BCUT2D eigenvalue weighted by atomic mass is 32.2. The molecule has 60 valence electrons. The molecule has 0 saturated carbocycles. The van der Waals surface area contributed by atoms with Crippen LogP contribution in [0.4, 0.5) is 0 Å². The van der Waals surface area contributed by atoms with Gasteiger partial charge in [-0.2, -0.15) is 0 Å². The molecule has 0 bridgehead atoms. The minimum absolute atomic E-state index is 0.344. The third kappa shape index (κ3) is 3.13. The van der Waals surface area contributed by atoms with Crippen molar-refractivity contribution in [2.24, 2.45) is 0 Å². The second kappa shape index (κ2) is 4.07. The molecule has 0 aliphatic rings. The van der Waals surface area contributed by atoms with Crippen LogP contribution in [0.2, 0.25) is 0 Å². The van der Waals surface area contributed by atoms with Crippen LogP contribution < -0.4 is 4.89 Å². The molecule has 5 heteroatoms. The Balaban J connectivity index is 2.45. The second-order valence-corrected chi connectivity index (χ2v) is 2.21. The van der Waals surface area contributed by atoms with Crippen molar-refractivity contribution in [1.29, 1.82) is 0 Å². The van der Waals surface area contributed by atoms with E-state index in [0.29, 0.717) is 5.75 Å². The Labute approximate surface area is 66.2 Å². The van der Waals surface area contributed by atoms with E-state index in [4.69, 9.17) is 0 Å². The first-order valence-corrected chi connectivity index (χ1v) is 3.78. The smallest absolute Gasteiger partial charge is 0.166 e. The van der Waals surface area contributed by atoms with Gasteiger partial charge in [-0.25, -0.2) is 4.21 Å². The summed E-state index contributed by atoms with van der Waals surface area (Å²) in [6, 6.07) is 8.33. The van der Waals surface area contributed by atoms with Gasteiger partial charge in [0.2, 0.25) is 0 Å². The molecule has 1 aromatic rings. The van der Waals surface area contributed by atoms with E-state index in [9.17, 15) is 8.76 Å². The quantitative estimate of drug-likeness (QED) is 0.385. The SMILES string of the molecule is O=S([O-])OOc1ccccc1. The van der Waals surface area contributed by atoms with Crippen LogP contribution in [0, 0.1) is 0 Å². The zero-order valence-electron chi connectivity index (χ0n) is 5.43. The van der Waals surface area contributed by atoms with Crippen LogP contribution in [0.1, 0.15) is 0 Å². The average Bonchev–Trinajstić information content (AvgIpc) is 2.03. The molecule has 1 aromatic carbocycles. The molecule has 1 unspecified atom stereocenters. The van der Waals surface area contributed by atoms with Crippen molar-refractivity contribution in [1.82, 2.24) is 0 Å². The molecule has 4 nitrogen and oxygen atoms in total. The van der Waals surface area contributed by atoms with Crippen molar-refractivity contribution in [3.63, 3.8) is 0 Å². The third-order valence-electron chi connectivity index (χ3n) is 0.929. The Morgan fingerprint density at radius 2 is 1.91 bits per heavy atom. The fourth-order valence-corrected chi connectivity index (χ4v) is 0.677. The number of rotatable bonds is 3. The van der Waals surface area contributed by atoms with Gasteiger partial charge in [0, 0.05) is 0 Å². The van der Waals surface area contributed by atoms with E-state index < -0.39 is 11.4 Å². The first-order chi connectivity index (χ1) is 5.29. The summed E-state index contributed by atoms with van der Waals surface area (Å²) in [5.41, 5.74) is 0. The largest absolute Gasteiger partial charge is 0.747 e. The van der Waals surface area contributed by atoms with Crippen molar-refractivity contribution in [2.75, 3.05) is 0 Å². The molecule has 0 N–H and O–H groups in total. The lowest BCUT2D eigenvalue weighted by molar-refractivity contribution is -0.0946. The van der Waals surface area contributed by atoms with Gasteiger partial charge in [-0.15, -0.1) is 0 Å². The van der Waals surface area contributed by atoms with Gasteiger partial charge < -0.3 is 9.44 Å². The van der Waals surface area contributed by atoms with Crippen molar-refractivity contribution in [2.45, 2.75) is 0 Å². The molecule has 0 heterocycles. The zero-order chi connectivity index (χ0) is 8.10. The summed E-state index contributed by atoms with van der Waals surface area (Å²) in [6.07, 6.45) is 0. The molecule has 0 radical (unpaired) electrons. The molecule has 0 aliphatic heterocycles. The van der Waals surface area contributed by atoms with E-state index in [0.717, 1.165) is 0 Å². The van der Waals surface area contributed by atoms with E-state index in [-0.39, 0.29) is 0 Å². The van der Waals surface area contributed by atoms with Gasteiger partial charge in [0.25, 0.3) is 0 Å². The standard InChI is InChI=1S/C6H6O4S/c7-11(8)10-9-6-4-2-1-3-5-6/h1-5H,(H,7,8)/p-1. The van der Waals surface area contributed by atoms with Crippen molar-refractivity contribution < 1.29 is 18.0 Å². The van der Waals surface area contributed by atoms with Crippen LogP contribution in [-0.4, -0.2) is 8.76 Å². The monoisotopic (exact) mass is 173 g/mol. The molecule has 0 amide bonds. The Kier molecular flexibility index (Phi) is 3.03. The molecule has 1 atom stereocenters. The van der Waals surface area contributed by atoms with Gasteiger partial charge in [-0.1, -0.05) is 22.5 Å². The van der Waals surface area contributed by atoms with Crippen LogP contribution in [-0.2, 0) is 15.7 Å². The van der Waals surface area contributed by atoms with Gasteiger partial charge in [-0.05, 0) is 12.1 Å². The Morgan fingerprint density at radius 1 is 1.27 bits per heavy atom. The van der Waals surface area contributed by atoms with Gasteiger partial charge in [0.05, 0.1) is 0 Å². The van der Waals surface area contributed by atoms with Crippen molar-refractivity contribution >= 4 is 11.4 Å². The minimum Gasteiger partial charge on any atom is -0.747 e. The lowest BCUT2D eigenvalue weighted by Gasteiger charge is -2.04. The molecule has 0 fully saturated rings. The maximum absolute atomic E-state index is 9.83. The maximum atomic E-state index is 9.83. The summed E-state index contributed by atoms with van der Waals surface area (Å²) >= 11 is -2.64. The Hall–Kier alpha value is -0.910. The molecule has 0 spiro atoms. The van der Waals surface area contributed by atoms with E-state index in [2.05, 4.69) is 9.22 Å². The Morgan fingerprint density at radius 3 is 2.45 bits per heavy atom. The molecular weight excluding hydrogens is 168 g/mol. The topological polar surface area (TPSA) is 58.6 Å². The van der Waals surface area contributed by atoms with Crippen LogP contribution in [0.25, 0.3) is 0 Å². The number of para-hydroxylation sites is 1. The predicted octanol–water partition coefficient (Wildman–Crippen LogP) is 0.791. The summed E-state index contributed by atoms with van der Waals surface area (Å²) in [5, 5.41) is 0. The van der Waals surface area contributed by atoms with Gasteiger partial charge >= 0.3 is 0 Å².